The van der Waals surface area contributed by atoms with Gasteiger partial charge in [-0.25, -0.2) is 0 Å². The number of nitrogens with zero attached hydrogens (tertiary/aromatic N) is 2. The van der Waals surface area contributed by atoms with Crippen LogP contribution in [-0.4, -0.2) is 5.66 Å². The fraction of sp³-hybridized carbons (Fsp3) is 0.222. The van der Waals surface area contributed by atoms with Gasteiger partial charge in [-0.1, -0.05) is 11.6 Å². The van der Waals surface area contributed by atoms with Gasteiger partial charge in [0.15, 0.2) is 0 Å². The average Bonchev–Trinajstić information content (AvgIpc) is 2.21. The molecule has 0 bridgehead atoms. The van der Waals surface area contributed by atoms with Crippen LogP contribution < -0.4 is 10.7 Å². The fourth-order valence-corrected chi connectivity index (χ4v) is 1.39. The van der Waals surface area contributed by atoms with Gasteiger partial charge in [0, 0.05) is 5.02 Å². The van der Waals surface area contributed by atoms with Crippen molar-refractivity contribution in [2.24, 2.45) is 9.98 Å². The molecule has 0 fully saturated rings. The standard InChI is InChI=1S/C9H8ClN2/c1-9(2)11-7-4-3-6(10)5-8(7)12-9/h3-5H,1H2,2H3. The summed E-state index contributed by atoms with van der Waals surface area (Å²) in [5.41, 5.74) is -0.562. The zero-order valence-corrected chi connectivity index (χ0v) is 7.47. The molecule has 1 heterocycles. The minimum absolute atomic E-state index is 0.562. The third-order valence-corrected chi connectivity index (χ3v) is 1.90. The molecule has 1 aromatic carbocycles. The van der Waals surface area contributed by atoms with E-state index >= 15 is 0 Å². The molecule has 1 atom stereocenters. The molecular formula is C9H8ClN2. The second kappa shape index (κ2) is 2.30. The summed E-state index contributed by atoms with van der Waals surface area (Å²) in [6, 6.07) is 5.47. The molecule has 61 valence electrons. The second-order valence-corrected chi connectivity index (χ2v) is 3.51. The van der Waals surface area contributed by atoms with E-state index in [1.54, 1.807) is 12.1 Å². The molecule has 0 saturated heterocycles. The molecule has 0 aromatic heterocycles. The number of benzene rings is 1. The number of halogens is 1. The molecule has 0 N–H and O–H groups in total. The maximum absolute atomic E-state index is 5.79. The predicted molar refractivity (Wildman–Crippen MR) is 47.5 cm³/mol. The molecule has 0 aliphatic carbocycles. The summed E-state index contributed by atoms with van der Waals surface area (Å²) in [7, 11) is 0. The van der Waals surface area contributed by atoms with Crippen molar-refractivity contribution in [1.82, 2.24) is 0 Å². The van der Waals surface area contributed by atoms with Gasteiger partial charge in [-0.15, -0.1) is 0 Å². The van der Waals surface area contributed by atoms with Crippen LogP contribution in [0, 0.1) is 6.92 Å². The average molecular weight is 180 g/mol. The Morgan fingerprint density at radius 1 is 1.33 bits per heavy atom. The molecule has 2 nitrogen and oxygen atoms in total. The van der Waals surface area contributed by atoms with E-state index in [-0.39, 0.29) is 0 Å². The van der Waals surface area contributed by atoms with E-state index in [4.69, 9.17) is 11.6 Å². The number of fused-ring (bicyclic) bond motifs is 1. The van der Waals surface area contributed by atoms with E-state index in [0.29, 0.717) is 5.02 Å². The van der Waals surface area contributed by atoms with Crippen LogP contribution in [0.1, 0.15) is 6.92 Å². The highest BCUT2D eigenvalue weighted by Gasteiger charge is 2.17. The topological polar surface area (TPSA) is 24.7 Å². The predicted octanol–water partition coefficient (Wildman–Crippen LogP) is 1.14. The van der Waals surface area contributed by atoms with Crippen molar-refractivity contribution in [3.63, 3.8) is 0 Å². The lowest BCUT2D eigenvalue weighted by Gasteiger charge is -2.06. The van der Waals surface area contributed by atoms with Crippen LogP contribution in [0.2, 0.25) is 5.02 Å². The van der Waals surface area contributed by atoms with Crippen LogP contribution in [0.4, 0.5) is 0 Å². The lowest BCUT2D eigenvalue weighted by molar-refractivity contribution is 0.614. The Kier molecular flexibility index (Phi) is 1.48. The van der Waals surface area contributed by atoms with Crippen LogP contribution in [0.5, 0.6) is 0 Å². The van der Waals surface area contributed by atoms with Gasteiger partial charge < -0.3 is 0 Å². The Labute approximate surface area is 75.6 Å². The minimum atomic E-state index is -0.562. The molecule has 3 heteroatoms. The van der Waals surface area contributed by atoms with E-state index in [0.717, 1.165) is 10.7 Å². The summed E-state index contributed by atoms with van der Waals surface area (Å²) in [5, 5.41) is 2.39. The first-order valence-corrected chi connectivity index (χ1v) is 4.05. The molecule has 1 aliphatic heterocycles. The van der Waals surface area contributed by atoms with Crippen LogP contribution >= 0.6 is 11.6 Å². The Balaban J connectivity index is 2.78. The van der Waals surface area contributed by atoms with E-state index in [9.17, 15) is 0 Å². The van der Waals surface area contributed by atoms with Crippen molar-refractivity contribution in [2.45, 2.75) is 12.6 Å². The highest BCUT2D eigenvalue weighted by Crippen LogP contribution is 2.10. The van der Waals surface area contributed by atoms with Crippen molar-refractivity contribution >= 4 is 11.6 Å². The minimum Gasteiger partial charge on any atom is -0.254 e. The van der Waals surface area contributed by atoms with Crippen molar-refractivity contribution < 1.29 is 0 Å². The first kappa shape index (κ1) is 7.74. The highest BCUT2D eigenvalue weighted by atomic mass is 35.5. The summed E-state index contributed by atoms with van der Waals surface area (Å²) in [4.78, 5) is 8.57. The van der Waals surface area contributed by atoms with Crippen molar-refractivity contribution in [3.8, 4) is 0 Å². The van der Waals surface area contributed by atoms with E-state index < -0.39 is 5.66 Å². The van der Waals surface area contributed by atoms with E-state index in [1.165, 1.54) is 0 Å². The van der Waals surface area contributed by atoms with Gasteiger partial charge in [0.05, 0.1) is 10.7 Å². The Morgan fingerprint density at radius 3 is 2.75 bits per heavy atom. The molecule has 1 unspecified atom stereocenters. The fourth-order valence-electron chi connectivity index (χ4n) is 1.22. The lowest BCUT2D eigenvalue weighted by Crippen LogP contribution is -2.20. The summed E-state index contributed by atoms with van der Waals surface area (Å²) in [6.07, 6.45) is 0. The second-order valence-electron chi connectivity index (χ2n) is 3.07. The van der Waals surface area contributed by atoms with E-state index in [1.807, 2.05) is 13.0 Å². The van der Waals surface area contributed by atoms with Crippen LogP contribution in [0.15, 0.2) is 28.2 Å². The third-order valence-electron chi connectivity index (χ3n) is 1.66. The van der Waals surface area contributed by atoms with Crippen molar-refractivity contribution in [2.75, 3.05) is 0 Å². The Morgan fingerprint density at radius 2 is 2.00 bits per heavy atom. The van der Waals surface area contributed by atoms with Gasteiger partial charge in [0.25, 0.3) is 0 Å². The van der Waals surface area contributed by atoms with Gasteiger partial charge in [0.1, 0.15) is 5.66 Å². The summed E-state index contributed by atoms with van der Waals surface area (Å²) >= 11 is 5.79. The van der Waals surface area contributed by atoms with Crippen LogP contribution in [0.3, 0.4) is 0 Å². The molecule has 1 aliphatic rings. The number of hydrogen-bond donors (Lipinski definition) is 0. The van der Waals surface area contributed by atoms with Gasteiger partial charge in [-0.3, -0.25) is 9.98 Å². The van der Waals surface area contributed by atoms with E-state index in [2.05, 4.69) is 16.9 Å². The van der Waals surface area contributed by atoms with Gasteiger partial charge in [-0.2, -0.15) is 0 Å². The first-order chi connectivity index (χ1) is 5.57. The zero-order chi connectivity index (χ0) is 8.77. The van der Waals surface area contributed by atoms with Gasteiger partial charge >= 0.3 is 0 Å². The first-order valence-electron chi connectivity index (χ1n) is 3.67. The molecule has 1 aromatic rings. The maximum Gasteiger partial charge on any atom is 0.149 e. The molecule has 12 heavy (non-hydrogen) atoms. The summed E-state index contributed by atoms with van der Waals surface area (Å²) in [5.74, 6) is 0. The van der Waals surface area contributed by atoms with Crippen molar-refractivity contribution in [3.05, 3.63) is 40.9 Å². The SMILES string of the molecule is [CH2]C1(C)N=c2ccc(Cl)cc2=N1. The number of rotatable bonds is 0. The van der Waals surface area contributed by atoms with Gasteiger partial charge in [-0.05, 0) is 32.0 Å². The highest BCUT2D eigenvalue weighted by molar-refractivity contribution is 6.30. The number of hydrogen-bond acceptors (Lipinski definition) is 2. The van der Waals surface area contributed by atoms with Crippen LogP contribution in [-0.2, 0) is 0 Å². The largest absolute Gasteiger partial charge is 0.254 e. The smallest absolute Gasteiger partial charge is 0.149 e. The third kappa shape index (κ3) is 1.23. The molecule has 2 rings (SSSR count). The molecule has 0 amide bonds. The Bertz CT molecular complexity index is 434. The summed E-state index contributed by atoms with van der Waals surface area (Å²) in [6.45, 7) is 5.70. The van der Waals surface area contributed by atoms with Crippen molar-refractivity contribution in [1.29, 1.82) is 0 Å². The lowest BCUT2D eigenvalue weighted by atomic mass is 10.3. The monoisotopic (exact) mass is 179 g/mol. The van der Waals surface area contributed by atoms with Crippen LogP contribution in [0.25, 0.3) is 0 Å². The maximum atomic E-state index is 5.79. The molecule has 0 spiro atoms. The summed E-state index contributed by atoms with van der Waals surface area (Å²) < 4.78 is 0. The Hall–Kier alpha value is -0.890. The quantitative estimate of drug-likeness (QED) is 0.571. The normalized spacial score (nSPS) is 17.9. The molecule has 0 saturated carbocycles. The van der Waals surface area contributed by atoms with Gasteiger partial charge in [0.2, 0.25) is 0 Å². The molecular weight excluding hydrogens is 172 g/mol. The zero-order valence-electron chi connectivity index (χ0n) is 6.71. The molecule has 1 radical (unpaired) electrons.